The number of carbonyl (C=O) groups is 2. The molecular weight excluding hydrogens is 208 g/mol. The zero-order valence-corrected chi connectivity index (χ0v) is 9.36. The van der Waals surface area contributed by atoms with Gasteiger partial charge in [0.15, 0.2) is 0 Å². The van der Waals surface area contributed by atoms with Crippen LogP contribution in [0.15, 0.2) is 35.5 Å². The van der Waals surface area contributed by atoms with E-state index in [-0.39, 0.29) is 11.1 Å². The molecule has 0 atom stereocenters. The van der Waals surface area contributed by atoms with Crippen molar-refractivity contribution >= 4 is 11.9 Å². The van der Waals surface area contributed by atoms with Gasteiger partial charge in [0.05, 0.1) is 11.9 Å². The Balaban J connectivity index is 3.97. The Morgan fingerprint density at radius 3 is 1.44 bits per heavy atom. The van der Waals surface area contributed by atoms with Crippen LogP contribution >= 0.6 is 0 Å². The molecule has 0 amide bonds. The lowest BCUT2D eigenvalue weighted by molar-refractivity contribution is -0.300. The average Bonchev–Trinajstić information content (AvgIpc) is 2.21. The number of hydrogen-bond donors (Lipinski definition) is 0. The van der Waals surface area contributed by atoms with E-state index in [9.17, 15) is 19.8 Å². The van der Waals surface area contributed by atoms with Gasteiger partial charge in [0, 0.05) is 0 Å². The van der Waals surface area contributed by atoms with Crippen LogP contribution in [0.5, 0.6) is 0 Å². The Kier molecular flexibility index (Phi) is 6.59. The van der Waals surface area contributed by atoms with Crippen molar-refractivity contribution in [2.75, 3.05) is 0 Å². The van der Waals surface area contributed by atoms with Crippen molar-refractivity contribution in [1.82, 2.24) is 0 Å². The van der Waals surface area contributed by atoms with Gasteiger partial charge in [0.25, 0.3) is 0 Å². The fourth-order valence-electron chi connectivity index (χ4n) is 0.849. The second kappa shape index (κ2) is 7.45. The maximum Gasteiger partial charge on any atom is 0.0668 e. The SMILES string of the molecule is C/C(=C\C/C=C/C/C=C(\C)C(=O)[O-])C(=O)[O-]. The van der Waals surface area contributed by atoms with E-state index >= 15 is 0 Å². The van der Waals surface area contributed by atoms with Gasteiger partial charge in [0.1, 0.15) is 0 Å². The van der Waals surface area contributed by atoms with Crippen molar-refractivity contribution in [1.29, 1.82) is 0 Å². The van der Waals surface area contributed by atoms with Crippen LogP contribution in [0.25, 0.3) is 0 Å². The van der Waals surface area contributed by atoms with Crippen LogP contribution in [-0.4, -0.2) is 11.9 Å². The first-order valence-corrected chi connectivity index (χ1v) is 4.86. The summed E-state index contributed by atoms with van der Waals surface area (Å²) in [6, 6.07) is 0. The maximum absolute atomic E-state index is 10.3. The molecule has 4 nitrogen and oxygen atoms in total. The van der Waals surface area contributed by atoms with Gasteiger partial charge in [-0.05, 0) is 37.8 Å². The van der Waals surface area contributed by atoms with E-state index in [0.717, 1.165) is 0 Å². The summed E-state index contributed by atoms with van der Waals surface area (Å²) in [5.74, 6) is -2.36. The molecule has 0 N–H and O–H groups in total. The van der Waals surface area contributed by atoms with Gasteiger partial charge in [-0.2, -0.15) is 0 Å². The molecule has 0 saturated heterocycles. The largest absolute Gasteiger partial charge is 0.545 e. The second-order valence-corrected chi connectivity index (χ2v) is 3.29. The summed E-state index contributed by atoms with van der Waals surface area (Å²) in [5.41, 5.74) is 0.372. The Labute approximate surface area is 94.6 Å². The summed E-state index contributed by atoms with van der Waals surface area (Å²) in [5, 5.41) is 20.6. The van der Waals surface area contributed by atoms with Gasteiger partial charge in [0.2, 0.25) is 0 Å². The zero-order valence-electron chi connectivity index (χ0n) is 9.36. The van der Waals surface area contributed by atoms with Crippen LogP contribution in [0.2, 0.25) is 0 Å². The van der Waals surface area contributed by atoms with Crippen molar-refractivity contribution in [2.24, 2.45) is 0 Å². The number of allylic oxidation sites excluding steroid dienone is 4. The number of aliphatic carboxylic acids is 2. The second-order valence-electron chi connectivity index (χ2n) is 3.29. The van der Waals surface area contributed by atoms with Crippen molar-refractivity contribution in [3.8, 4) is 0 Å². The Bertz CT molecular complexity index is 314. The van der Waals surface area contributed by atoms with Gasteiger partial charge >= 0.3 is 0 Å². The molecule has 16 heavy (non-hydrogen) atoms. The van der Waals surface area contributed by atoms with Crippen molar-refractivity contribution in [2.45, 2.75) is 26.7 Å². The third kappa shape index (κ3) is 6.59. The molecule has 0 aliphatic heterocycles. The fourth-order valence-corrected chi connectivity index (χ4v) is 0.849. The summed E-state index contributed by atoms with van der Waals surface area (Å²) >= 11 is 0. The van der Waals surface area contributed by atoms with Gasteiger partial charge in [-0.25, -0.2) is 0 Å². The molecule has 0 saturated carbocycles. The maximum atomic E-state index is 10.3. The van der Waals surface area contributed by atoms with E-state index in [1.165, 1.54) is 26.0 Å². The van der Waals surface area contributed by atoms with Crippen molar-refractivity contribution in [3.05, 3.63) is 35.5 Å². The minimum Gasteiger partial charge on any atom is -0.545 e. The van der Waals surface area contributed by atoms with Gasteiger partial charge in [-0.3, -0.25) is 0 Å². The predicted octanol–water partition coefficient (Wildman–Crippen LogP) is -0.285. The van der Waals surface area contributed by atoms with E-state index < -0.39 is 11.9 Å². The molecule has 0 aromatic heterocycles. The molecule has 0 aromatic carbocycles. The first-order valence-electron chi connectivity index (χ1n) is 4.86. The summed E-state index contributed by atoms with van der Waals surface area (Å²) in [4.78, 5) is 20.6. The first-order chi connectivity index (χ1) is 7.45. The molecule has 0 heterocycles. The number of carbonyl (C=O) groups excluding carboxylic acids is 2. The smallest absolute Gasteiger partial charge is 0.0668 e. The molecule has 0 aliphatic carbocycles. The van der Waals surface area contributed by atoms with Crippen LogP contribution in [-0.2, 0) is 9.59 Å². The first kappa shape index (κ1) is 14.2. The molecule has 0 spiro atoms. The van der Waals surface area contributed by atoms with Gasteiger partial charge in [-0.1, -0.05) is 24.3 Å². The number of carboxylic acids is 2. The van der Waals surface area contributed by atoms with Gasteiger partial charge < -0.3 is 19.8 Å². The molecule has 0 fully saturated rings. The highest BCUT2D eigenvalue weighted by Crippen LogP contribution is 1.98. The summed E-state index contributed by atoms with van der Waals surface area (Å²) in [6.45, 7) is 2.92. The van der Waals surface area contributed by atoms with E-state index in [1.54, 1.807) is 12.2 Å². The molecule has 0 radical (unpaired) electrons. The lowest BCUT2D eigenvalue weighted by Gasteiger charge is -1.99. The van der Waals surface area contributed by atoms with E-state index in [2.05, 4.69) is 0 Å². The molecule has 0 aliphatic rings. The fraction of sp³-hybridized carbons (Fsp3) is 0.333. The molecule has 0 aromatic rings. The molecule has 0 rings (SSSR count). The predicted molar refractivity (Wildman–Crippen MR) is 55.9 cm³/mol. The lowest BCUT2D eigenvalue weighted by atomic mass is 10.2. The number of carboxylic acid groups (broad SMARTS) is 2. The quantitative estimate of drug-likeness (QED) is 0.457. The lowest BCUT2D eigenvalue weighted by Crippen LogP contribution is -2.22. The summed E-state index contributed by atoms with van der Waals surface area (Å²) < 4.78 is 0. The van der Waals surface area contributed by atoms with Crippen LogP contribution in [0.3, 0.4) is 0 Å². The summed E-state index contributed by atoms with van der Waals surface area (Å²) in [7, 11) is 0. The van der Waals surface area contributed by atoms with Crippen LogP contribution in [0.4, 0.5) is 0 Å². The van der Waals surface area contributed by atoms with Gasteiger partial charge in [-0.15, -0.1) is 0 Å². The normalized spacial score (nSPS) is 13.1. The third-order valence-electron chi connectivity index (χ3n) is 1.93. The van der Waals surface area contributed by atoms with E-state index in [1.807, 2.05) is 0 Å². The highest BCUT2D eigenvalue weighted by Gasteiger charge is 1.87. The van der Waals surface area contributed by atoms with Crippen LogP contribution in [0, 0.1) is 0 Å². The topological polar surface area (TPSA) is 80.3 Å². The Hall–Kier alpha value is -1.84. The molecule has 4 heteroatoms. The van der Waals surface area contributed by atoms with Crippen LogP contribution < -0.4 is 10.2 Å². The Morgan fingerprint density at radius 1 is 0.875 bits per heavy atom. The van der Waals surface area contributed by atoms with Crippen molar-refractivity contribution in [3.63, 3.8) is 0 Å². The zero-order chi connectivity index (χ0) is 12.6. The van der Waals surface area contributed by atoms with E-state index in [0.29, 0.717) is 12.8 Å². The number of hydrogen-bond acceptors (Lipinski definition) is 4. The van der Waals surface area contributed by atoms with Crippen LogP contribution in [0.1, 0.15) is 26.7 Å². The molecule has 88 valence electrons. The highest BCUT2D eigenvalue weighted by atomic mass is 16.4. The average molecular weight is 222 g/mol. The minimum absolute atomic E-state index is 0.186. The Morgan fingerprint density at radius 2 is 1.19 bits per heavy atom. The number of rotatable bonds is 6. The monoisotopic (exact) mass is 222 g/mol. The molecule has 0 bridgehead atoms. The third-order valence-corrected chi connectivity index (χ3v) is 1.93. The highest BCUT2D eigenvalue weighted by molar-refractivity contribution is 5.84. The van der Waals surface area contributed by atoms with Crippen molar-refractivity contribution < 1.29 is 19.8 Å². The molecule has 0 unspecified atom stereocenters. The standard InChI is InChI=1S/C12H16O4/c1-9(11(13)14)7-5-3-4-6-8-10(2)12(15)16/h3-4,7-8H,5-6H2,1-2H3,(H,13,14)(H,15,16)/p-2/b4-3+,9-7+,10-8+. The molecular formula is C12H14O4-2. The van der Waals surface area contributed by atoms with E-state index in [4.69, 9.17) is 0 Å². The summed E-state index contributed by atoms with van der Waals surface area (Å²) in [6.07, 6.45) is 7.54. The minimum atomic E-state index is -1.18.